The van der Waals surface area contributed by atoms with E-state index in [1.54, 1.807) is 0 Å². The van der Waals surface area contributed by atoms with Crippen LogP contribution in [0.4, 0.5) is 0 Å². The molecule has 0 saturated carbocycles. The largest absolute Gasteiger partial charge is 0.285 e. The molecular formula is C16H21N. The summed E-state index contributed by atoms with van der Waals surface area (Å²) >= 11 is 0. The maximum atomic E-state index is 3.43. The van der Waals surface area contributed by atoms with Crippen LogP contribution in [-0.4, -0.2) is 23.0 Å². The highest BCUT2D eigenvalue weighted by Gasteiger charge is 2.31. The minimum absolute atomic E-state index is 0.229. The molecule has 1 unspecified atom stereocenters. The van der Waals surface area contributed by atoms with E-state index >= 15 is 0 Å². The van der Waals surface area contributed by atoms with Crippen molar-refractivity contribution in [3.8, 4) is 11.8 Å². The molecule has 1 aliphatic heterocycles. The predicted molar refractivity (Wildman–Crippen MR) is 72.8 cm³/mol. The van der Waals surface area contributed by atoms with Gasteiger partial charge in [-0.3, -0.25) is 4.90 Å². The van der Waals surface area contributed by atoms with E-state index in [0.29, 0.717) is 6.04 Å². The Balaban J connectivity index is 2.11. The minimum atomic E-state index is 0.229. The Hall–Kier alpha value is -1.26. The number of hydrogen-bond donors (Lipinski definition) is 0. The second kappa shape index (κ2) is 4.94. The lowest BCUT2D eigenvalue weighted by Crippen LogP contribution is -2.43. The first-order valence-corrected chi connectivity index (χ1v) is 6.41. The second-order valence-electron chi connectivity index (χ2n) is 5.66. The average molecular weight is 227 g/mol. The molecule has 1 heteroatoms. The van der Waals surface area contributed by atoms with E-state index in [1.807, 2.05) is 18.2 Å². The van der Waals surface area contributed by atoms with Gasteiger partial charge in [-0.25, -0.2) is 0 Å². The zero-order valence-corrected chi connectivity index (χ0v) is 11.0. The predicted octanol–water partition coefficient (Wildman–Crippen LogP) is 3.30. The second-order valence-corrected chi connectivity index (χ2v) is 5.66. The maximum absolute atomic E-state index is 3.43. The molecule has 1 saturated heterocycles. The Morgan fingerprint density at radius 3 is 2.53 bits per heavy atom. The molecule has 1 aromatic carbocycles. The van der Waals surface area contributed by atoms with Crippen molar-refractivity contribution in [2.75, 3.05) is 6.54 Å². The molecule has 0 spiro atoms. The lowest BCUT2D eigenvalue weighted by Gasteiger charge is -2.34. The summed E-state index contributed by atoms with van der Waals surface area (Å²) in [5.41, 5.74) is 1.35. The molecule has 1 aliphatic rings. The van der Waals surface area contributed by atoms with Gasteiger partial charge >= 0.3 is 0 Å². The van der Waals surface area contributed by atoms with Crippen molar-refractivity contribution in [3.63, 3.8) is 0 Å². The standard InChI is InChI=1S/C16H21N/c1-16(2,3)17-13-7-10-15(17)12-11-14-8-5-4-6-9-14/h4-6,8-9,15H,7,10,13H2,1-3H3. The van der Waals surface area contributed by atoms with E-state index in [2.05, 4.69) is 49.6 Å². The van der Waals surface area contributed by atoms with Gasteiger partial charge in [0.05, 0.1) is 6.04 Å². The van der Waals surface area contributed by atoms with E-state index in [4.69, 9.17) is 0 Å². The van der Waals surface area contributed by atoms with E-state index in [0.717, 1.165) is 5.56 Å². The first kappa shape index (κ1) is 12.2. The van der Waals surface area contributed by atoms with E-state index in [9.17, 15) is 0 Å². The SMILES string of the molecule is CC(C)(C)N1CCCC1C#Cc1ccccc1. The fraction of sp³-hybridized carbons (Fsp3) is 0.500. The first-order chi connectivity index (χ1) is 8.07. The number of hydrogen-bond acceptors (Lipinski definition) is 1. The number of rotatable bonds is 0. The van der Waals surface area contributed by atoms with Crippen LogP contribution < -0.4 is 0 Å². The third-order valence-corrected chi connectivity index (χ3v) is 3.27. The molecule has 1 atom stereocenters. The molecule has 0 N–H and O–H groups in total. The molecule has 0 amide bonds. The third kappa shape index (κ3) is 3.11. The molecular weight excluding hydrogens is 206 g/mol. The summed E-state index contributed by atoms with van der Waals surface area (Å²) in [5.74, 6) is 6.73. The fourth-order valence-electron chi connectivity index (χ4n) is 2.41. The van der Waals surface area contributed by atoms with Gasteiger partial charge < -0.3 is 0 Å². The summed E-state index contributed by atoms with van der Waals surface area (Å²) in [6.45, 7) is 8.00. The molecule has 1 fully saturated rings. The van der Waals surface area contributed by atoms with Gasteiger partial charge in [0, 0.05) is 11.1 Å². The lowest BCUT2D eigenvalue weighted by atomic mass is 10.0. The Morgan fingerprint density at radius 1 is 1.18 bits per heavy atom. The van der Waals surface area contributed by atoms with Gasteiger partial charge in [0.15, 0.2) is 0 Å². The average Bonchev–Trinajstić information content (AvgIpc) is 2.75. The maximum Gasteiger partial charge on any atom is 0.0723 e. The van der Waals surface area contributed by atoms with Crippen LogP contribution in [0.1, 0.15) is 39.2 Å². The van der Waals surface area contributed by atoms with Crippen LogP contribution >= 0.6 is 0 Å². The first-order valence-electron chi connectivity index (χ1n) is 6.41. The molecule has 1 heterocycles. The summed E-state index contributed by atoms with van der Waals surface area (Å²) in [6, 6.07) is 10.7. The molecule has 2 rings (SSSR count). The van der Waals surface area contributed by atoms with Crippen LogP contribution in [0.3, 0.4) is 0 Å². The highest BCUT2D eigenvalue weighted by Crippen LogP contribution is 2.25. The van der Waals surface area contributed by atoms with Crippen LogP contribution in [0.5, 0.6) is 0 Å². The zero-order chi connectivity index (χ0) is 12.3. The molecule has 1 nitrogen and oxygen atoms in total. The quantitative estimate of drug-likeness (QED) is 0.615. The smallest absolute Gasteiger partial charge is 0.0723 e. The fourth-order valence-corrected chi connectivity index (χ4v) is 2.41. The normalized spacial score (nSPS) is 21.0. The molecule has 1 aromatic rings. The number of nitrogens with zero attached hydrogens (tertiary/aromatic N) is 1. The molecule has 0 bridgehead atoms. The number of likely N-dealkylation sites (tertiary alicyclic amines) is 1. The van der Waals surface area contributed by atoms with Crippen LogP contribution in [0.15, 0.2) is 30.3 Å². The lowest BCUT2D eigenvalue weighted by molar-refractivity contribution is 0.147. The van der Waals surface area contributed by atoms with Gasteiger partial charge in [-0.15, -0.1) is 0 Å². The van der Waals surface area contributed by atoms with Gasteiger partial charge in [-0.2, -0.15) is 0 Å². The van der Waals surface area contributed by atoms with E-state index < -0.39 is 0 Å². The van der Waals surface area contributed by atoms with Gasteiger partial charge in [0.2, 0.25) is 0 Å². The highest BCUT2D eigenvalue weighted by molar-refractivity contribution is 5.35. The van der Waals surface area contributed by atoms with Crippen molar-refractivity contribution in [1.82, 2.24) is 4.90 Å². The van der Waals surface area contributed by atoms with Crippen molar-refractivity contribution < 1.29 is 0 Å². The molecule has 90 valence electrons. The monoisotopic (exact) mass is 227 g/mol. The van der Waals surface area contributed by atoms with Crippen molar-refractivity contribution >= 4 is 0 Å². The Labute approximate surface area is 105 Å². The van der Waals surface area contributed by atoms with Crippen LogP contribution in [0.25, 0.3) is 0 Å². The van der Waals surface area contributed by atoms with Crippen molar-refractivity contribution in [1.29, 1.82) is 0 Å². The van der Waals surface area contributed by atoms with Crippen LogP contribution in [0, 0.1) is 11.8 Å². The Morgan fingerprint density at radius 2 is 1.88 bits per heavy atom. The molecule has 0 aromatic heterocycles. The van der Waals surface area contributed by atoms with Gasteiger partial charge in [0.25, 0.3) is 0 Å². The topological polar surface area (TPSA) is 3.24 Å². The molecule has 0 aliphatic carbocycles. The summed E-state index contributed by atoms with van der Waals surface area (Å²) in [5, 5.41) is 0. The minimum Gasteiger partial charge on any atom is -0.285 e. The number of benzene rings is 1. The van der Waals surface area contributed by atoms with Crippen LogP contribution in [0.2, 0.25) is 0 Å². The summed E-state index contributed by atoms with van der Waals surface area (Å²) in [4.78, 5) is 2.52. The highest BCUT2D eigenvalue weighted by atomic mass is 15.2. The zero-order valence-electron chi connectivity index (χ0n) is 11.0. The van der Waals surface area contributed by atoms with E-state index in [1.165, 1.54) is 19.4 Å². The van der Waals surface area contributed by atoms with Crippen molar-refractivity contribution in [2.45, 2.75) is 45.2 Å². The molecule has 17 heavy (non-hydrogen) atoms. The van der Waals surface area contributed by atoms with Crippen LogP contribution in [-0.2, 0) is 0 Å². The van der Waals surface area contributed by atoms with E-state index in [-0.39, 0.29) is 5.54 Å². The Bertz CT molecular complexity index is 416. The Kier molecular flexibility index (Phi) is 3.54. The van der Waals surface area contributed by atoms with Gasteiger partial charge in [0.1, 0.15) is 0 Å². The van der Waals surface area contributed by atoms with Gasteiger partial charge in [-0.05, 0) is 52.3 Å². The molecule has 0 radical (unpaired) electrons. The van der Waals surface area contributed by atoms with Crippen molar-refractivity contribution in [2.24, 2.45) is 0 Å². The summed E-state index contributed by atoms with van der Waals surface area (Å²) in [7, 11) is 0. The van der Waals surface area contributed by atoms with Gasteiger partial charge in [-0.1, -0.05) is 30.0 Å². The van der Waals surface area contributed by atoms with Crippen molar-refractivity contribution in [3.05, 3.63) is 35.9 Å². The third-order valence-electron chi connectivity index (χ3n) is 3.27. The summed E-state index contributed by atoms with van der Waals surface area (Å²) in [6.07, 6.45) is 2.47. The summed E-state index contributed by atoms with van der Waals surface area (Å²) < 4.78 is 0.